The second-order valence-electron chi connectivity index (χ2n) is 5.18. The minimum atomic E-state index is -0.607. The van der Waals surface area contributed by atoms with E-state index < -0.39 is 6.03 Å². The van der Waals surface area contributed by atoms with Gasteiger partial charge in [0.25, 0.3) is 0 Å². The molecule has 0 bridgehead atoms. The van der Waals surface area contributed by atoms with Gasteiger partial charge in [-0.1, -0.05) is 25.0 Å². The van der Waals surface area contributed by atoms with Crippen LogP contribution in [0.5, 0.6) is 0 Å². The van der Waals surface area contributed by atoms with Crippen LogP contribution in [-0.4, -0.2) is 11.7 Å². The molecule has 3 N–H and O–H groups in total. The van der Waals surface area contributed by atoms with Crippen molar-refractivity contribution in [2.24, 2.45) is 16.8 Å². The fourth-order valence-electron chi connectivity index (χ4n) is 1.71. The highest BCUT2D eigenvalue weighted by Crippen LogP contribution is 2.15. The van der Waals surface area contributed by atoms with E-state index in [9.17, 15) is 4.79 Å². The quantitative estimate of drug-likeness (QED) is 0.387. The molecule has 18 heavy (non-hydrogen) atoms. The normalized spacial score (nSPS) is 13.0. The van der Waals surface area contributed by atoms with Gasteiger partial charge in [-0.15, -0.1) is 0 Å². The van der Waals surface area contributed by atoms with E-state index in [2.05, 4.69) is 37.4 Å². The summed E-state index contributed by atoms with van der Waals surface area (Å²) >= 11 is 0. The summed E-state index contributed by atoms with van der Waals surface area (Å²) in [5.74, 6) is 0.734. The molecule has 4 heteroatoms. The van der Waals surface area contributed by atoms with E-state index in [-0.39, 0.29) is 0 Å². The molecule has 0 aliphatic heterocycles. The summed E-state index contributed by atoms with van der Waals surface area (Å²) in [4.78, 5) is 10.5. The van der Waals surface area contributed by atoms with Crippen molar-refractivity contribution in [2.45, 2.75) is 59.8 Å². The van der Waals surface area contributed by atoms with E-state index in [4.69, 9.17) is 5.73 Å². The van der Waals surface area contributed by atoms with Gasteiger partial charge >= 0.3 is 6.03 Å². The summed E-state index contributed by atoms with van der Waals surface area (Å²) in [6, 6.07) is -0.607. The lowest BCUT2D eigenvalue weighted by molar-refractivity contribution is 0.249. The third kappa shape index (κ3) is 11.2. The molecule has 0 fully saturated rings. The van der Waals surface area contributed by atoms with Gasteiger partial charge in [0.05, 0.1) is 0 Å². The number of carbonyl (C=O) groups excluding carboxylic acids is 1. The Hall–Kier alpha value is -1.32. The van der Waals surface area contributed by atoms with Crippen LogP contribution in [0.1, 0.15) is 59.8 Å². The molecule has 1 atom stereocenters. The molecule has 0 spiro atoms. The Balaban J connectivity index is 3.67. The van der Waals surface area contributed by atoms with Crippen molar-refractivity contribution in [2.75, 3.05) is 0 Å². The molecular formula is C14H27N3O. The first-order valence-corrected chi connectivity index (χ1v) is 6.63. The fraction of sp³-hybridized carbons (Fsp3) is 0.714. The molecular weight excluding hydrogens is 226 g/mol. The fourth-order valence-corrected chi connectivity index (χ4v) is 1.71. The molecule has 0 radical (unpaired) electrons. The molecule has 0 aromatic carbocycles. The largest absolute Gasteiger partial charge is 0.350 e. The number of allylic oxidation sites excluding steroid dienone is 2. The van der Waals surface area contributed by atoms with Crippen molar-refractivity contribution in [3.05, 3.63) is 11.6 Å². The van der Waals surface area contributed by atoms with Crippen LogP contribution in [0.15, 0.2) is 16.8 Å². The van der Waals surface area contributed by atoms with Crippen LogP contribution in [0.2, 0.25) is 0 Å². The first kappa shape index (κ1) is 16.7. The zero-order valence-electron chi connectivity index (χ0n) is 12.1. The van der Waals surface area contributed by atoms with Gasteiger partial charge in [-0.2, -0.15) is 5.10 Å². The lowest BCUT2D eigenvalue weighted by atomic mass is 9.97. The Morgan fingerprint density at radius 1 is 1.33 bits per heavy atom. The number of nitrogens with two attached hydrogens (primary N) is 1. The van der Waals surface area contributed by atoms with Crippen LogP contribution in [0.3, 0.4) is 0 Å². The van der Waals surface area contributed by atoms with E-state index in [0.29, 0.717) is 0 Å². The number of hydrogen-bond acceptors (Lipinski definition) is 2. The molecule has 0 aromatic rings. The van der Waals surface area contributed by atoms with Crippen molar-refractivity contribution in [3.8, 4) is 0 Å². The number of nitrogens with one attached hydrogen (secondary N) is 1. The first-order chi connectivity index (χ1) is 8.41. The van der Waals surface area contributed by atoms with Crippen molar-refractivity contribution in [1.29, 1.82) is 0 Å². The maximum absolute atomic E-state index is 10.5. The van der Waals surface area contributed by atoms with Gasteiger partial charge < -0.3 is 5.73 Å². The van der Waals surface area contributed by atoms with Gasteiger partial charge in [-0.3, -0.25) is 0 Å². The Bertz CT molecular complexity index is 304. The van der Waals surface area contributed by atoms with Crippen molar-refractivity contribution >= 4 is 11.7 Å². The van der Waals surface area contributed by atoms with E-state index >= 15 is 0 Å². The predicted octanol–water partition coefficient (Wildman–Crippen LogP) is 3.58. The predicted molar refractivity (Wildman–Crippen MR) is 77.5 cm³/mol. The number of hydrazone groups is 1. The van der Waals surface area contributed by atoms with Crippen LogP contribution in [0.4, 0.5) is 4.79 Å². The number of amides is 2. The standard InChI is InChI=1S/C14H27N3O/c1-11(2)7-5-8-12(3)9-6-10-13(4)16-17-14(15)18/h7,12H,5-6,8-10H2,1-4H3,(H3,15,17,18)/b16-13-. The van der Waals surface area contributed by atoms with E-state index in [1.54, 1.807) is 0 Å². The molecule has 2 amide bonds. The van der Waals surface area contributed by atoms with Crippen LogP contribution in [0, 0.1) is 5.92 Å². The summed E-state index contributed by atoms with van der Waals surface area (Å²) in [6.45, 7) is 8.46. The molecule has 1 unspecified atom stereocenters. The van der Waals surface area contributed by atoms with Gasteiger partial charge in [-0.05, 0) is 52.4 Å². The third-order valence-corrected chi connectivity index (χ3v) is 2.80. The first-order valence-electron chi connectivity index (χ1n) is 6.63. The highest BCUT2D eigenvalue weighted by atomic mass is 16.2. The average molecular weight is 253 g/mol. The summed E-state index contributed by atoms with van der Waals surface area (Å²) in [5.41, 5.74) is 9.50. The Morgan fingerprint density at radius 2 is 2.00 bits per heavy atom. The molecule has 0 aromatic heterocycles. The maximum Gasteiger partial charge on any atom is 0.332 e. The smallest absolute Gasteiger partial charge is 0.332 e. The number of rotatable bonds is 8. The second-order valence-corrected chi connectivity index (χ2v) is 5.18. The average Bonchev–Trinajstić information content (AvgIpc) is 2.25. The highest BCUT2D eigenvalue weighted by molar-refractivity contribution is 5.83. The van der Waals surface area contributed by atoms with E-state index in [1.807, 2.05) is 6.92 Å². The molecule has 0 saturated carbocycles. The molecule has 104 valence electrons. The number of hydrogen-bond donors (Lipinski definition) is 2. The summed E-state index contributed by atoms with van der Waals surface area (Å²) in [7, 11) is 0. The minimum Gasteiger partial charge on any atom is -0.350 e. The van der Waals surface area contributed by atoms with Crippen LogP contribution < -0.4 is 11.2 Å². The van der Waals surface area contributed by atoms with Crippen LogP contribution in [-0.2, 0) is 0 Å². The summed E-state index contributed by atoms with van der Waals surface area (Å²) in [6.07, 6.45) is 7.90. The highest BCUT2D eigenvalue weighted by Gasteiger charge is 2.02. The Labute approximate surface area is 111 Å². The summed E-state index contributed by atoms with van der Waals surface area (Å²) in [5, 5.41) is 3.89. The molecule has 0 saturated heterocycles. The molecule has 0 rings (SSSR count). The van der Waals surface area contributed by atoms with Gasteiger partial charge in [0, 0.05) is 5.71 Å². The van der Waals surface area contributed by atoms with Crippen LogP contribution >= 0.6 is 0 Å². The summed E-state index contributed by atoms with van der Waals surface area (Å²) < 4.78 is 0. The SMILES string of the molecule is CC(C)=CCCC(C)CCC/C(C)=N\NC(N)=O. The number of primary amides is 1. The number of carbonyl (C=O) groups is 1. The zero-order chi connectivity index (χ0) is 14.0. The van der Waals surface area contributed by atoms with Crippen molar-refractivity contribution < 1.29 is 4.79 Å². The second kappa shape index (κ2) is 9.68. The van der Waals surface area contributed by atoms with Gasteiger partial charge in [0.15, 0.2) is 0 Å². The minimum absolute atomic E-state index is 0.607. The topological polar surface area (TPSA) is 67.5 Å². The monoisotopic (exact) mass is 253 g/mol. The molecule has 0 aliphatic rings. The van der Waals surface area contributed by atoms with E-state index in [1.165, 1.54) is 24.8 Å². The molecule has 4 nitrogen and oxygen atoms in total. The van der Waals surface area contributed by atoms with Crippen molar-refractivity contribution in [1.82, 2.24) is 5.43 Å². The number of urea groups is 1. The van der Waals surface area contributed by atoms with Crippen molar-refractivity contribution in [3.63, 3.8) is 0 Å². The van der Waals surface area contributed by atoms with Gasteiger partial charge in [-0.25, -0.2) is 10.2 Å². The van der Waals surface area contributed by atoms with Gasteiger partial charge in [0.1, 0.15) is 0 Å². The lowest BCUT2D eigenvalue weighted by Crippen LogP contribution is -2.25. The Kier molecular flexibility index (Phi) is 8.97. The van der Waals surface area contributed by atoms with E-state index in [0.717, 1.165) is 24.5 Å². The lowest BCUT2D eigenvalue weighted by Gasteiger charge is -2.09. The maximum atomic E-state index is 10.5. The van der Waals surface area contributed by atoms with Crippen LogP contribution in [0.25, 0.3) is 0 Å². The molecule has 0 heterocycles. The Morgan fingerprint density at radius 3 is 2.56 bits per heavy atom. The number of nitrogens with zero attached hydrogens (tertiary/aromatic N) is 1. The molecule has 0 aliphatic carbocycles. The zero-order valence-corrected chi connectivity index (χ0v) is 12.1. The third-order valence-electron chi connectivity index (χ3n) is 2.80. The van der Waals surface area contributed by atoms with Gasteiger partial charge in [0.2, 0.25) is 0 Å².